The zero-order chi connectivity index (χ0) is 22.4. The molecule has 1 heterocycles. The maximum absolute atomic E-state index is 13.7. The van der Waals surface area contributed by atoms with E-state index in [9.17, 15) is 22.4 Å². The monoisotopic (exact) mass is 460 g/mol. The first kappa shape index (κ1) is 22.6. The average Bonchev–Trinajstić information content (AvgIpc) is 3.27. The Balaban J connectivity index is 1.69. The third-order valence-corrected chi connectivity index (χ3v) is 7.87. The van der Waals surface area contributed by atoms with Crippen LogP contribution in [0.25, 0.3) is 0 Å². The van der Waals surface area contributed by atoms with Crippen molar-refractivity contribution in [1.82, 2.24) is 10.6 Å². The van der Waals surface area contributed by atoms with Crippen molar-refractivity contribution < 1.29 is 22.4 Å². The summed E-state index contributed by atoms with van der Waals surface area (Å²) in [5.41, 5.74) is 1.16. The quantitative estimate of drug-likeness (QED) is 0.530. The summed E-state index contributed by atoms with van der Waals surface area (Å²) in [5.74, 6) is -2.46. The first-order valence-corrected chi connectivity index (χ1v) is 11.8. The Bertz CT molecular complexity index is 1160. The standard InChI is InChI=1S/C22H21FN2O4S2/c1-15-8-10-17(11-9-15)31(28,29)20(19-7-4-12-30-19)14-25-22(27)21(26)24-13-16-5-2-3-6-18(16)23/h2-12,20H,13-14H2,1H3,(H,24,26)(H,25,27). The molecule has 0 aliphatic carbocycles. The largest absolute Gasteiger partial charge is 0.346 e. The lowest BCUT2D eigenvalue weighted by Gasteiger charge is -2.17. The molecule has 0 saturated carbocycles. The van der Waals surface area contributed by atoms with Crippen molar-refractivity contribution in [2.75, 3.05) is 6.54 Å². The lowest BCUT2D eigenvalue weighted by atomic mass is 10.2. The summed E-state index contributed by atoms with van der Waals surface area (Å²) in [6.45, 7) is 1.42. The Kier molecular flexibility index (Phi) is 7.19. The number of carbonyl (C=O) groups is 2. The molecule has 0 bridgehead atoms. The van der Waals surface area contributed by atoms with Gasteiger partial charge in [0.2, 0.25) is 0 Å². The van der Waals surface area contributed by atoms with E-state index in [1.165, 1.54) is 41.7 Å². The lowest BCUT2D eigenvalue weighted by molar-refractivity contribution is -0.139. The molecule has 31 heavy (non-hydrogen) atoms. The molecule has 2 N–H and O–H groups in total. The summed E-state index contributed by atoms with van der Waals surface area (Å²) < 4.78 is 40.0. The van der Waals surface area contributed by atoms with Crippen molar-refractivity contribution in [1.29, 1.82) is 0 Å². The van der Waals surface area contributed by atoms with Crippen LogP contribution in [0.1, 0.15) is 21.3 Å². The first-order chi connectivity index (χ1) is 14.8. The van der Waals surface area contributed by atoms with E-state index in [0.29, 0.717) is 4.88 Å². The van der Waals surface area contributed by atoms with Crippen LogP contribution in [0.4, 0.5) is 4.39 Å². The van der Waals surface area contributed by atoms with Crippen LogP contribution in [0, 0.1) is 12.7 Å². The predicted octanol–water partition coefficient (Wildman–Crippen LogP) is 3.14. The van der Waals surface area contributed by atoms with Gasteiger partial charge in [-0.15, -0.1) is 11.3 Å². The molecule has 0 fully saturated rings. The van der Waals surface area contributed by atoms with Gasteiger partial charge >= 0.3 is 11.8 Å². The Labute approximate surface area is 184 Å². The Morgan fingerprint density at radius 3 is 2.29 bits per heavy atom. The molecule has 0 radical (unpaired) electrons. The predicted molar refractivity (Wildman–Crippen MR) is 117 cm³/mol. The summed E-state index contributed by atoms with van der Waals surface area (Å²) in [5, 5.41) is 5.43. The van der Waals surface area contributed by atoms with E-state index in [0.717, 1.165) is 5.56 Å². The topological polar surface area (TPSA) is 92.3 Å². The van der Waals surface area contributed by atoms with Crippen LogP contribution in [0.3, 0.4) is 0 Å². The van der Waals surface area contributed by atoms with Crippen LogP contribution in [-0.4, -0.2) is 26.8 Å². The van der Waals surface area contributed by atoms with Gasteiger partial charge in [0.05, 0.1) is 4.90 Å². The Morgan fingerprint density at radius 2 is 1.65 bits per heavy atom. The summed E-state index contributed by atoms with van der Waals surface area (Å²) in [7, 11) is -3.81. The van der Waals surface area contributed by atoms with E-state index >= 15 is 0 Å². The highest BCUT2D eigenvalue weighted by Crippen LogP contribution is 2.31. The molecule has 1 aromatic heterocycles. The van der Waals surface area contributed by atoms with Gasteiger partial charge in [-0.25, -0.2) is 12.8 Å². The first-order valence-electron chi connectivity index (χ1n) is 9.42. The van der Waals surface area contributed by atoms with Crippen molar-refractivity contribution in [3.63, 3.8) is 0 Å². The summed E-state index contributed by atoms with van der Waals surface area (Å²) >= 11 is 1.25. The molecule has 1 unspecified atom stereocenters. The molecule has 2 amide bonds. The maximum atomic E-state index is 13.7. The highest BCUT2D eigenvalue weighted by molar-refractivity contribution is 7.91. The van der Waals surface area contributed by atoms with Gasteiger partial charge in [-0.2, -0.15) is 0 Å². The number of rotatable bonds is 7. The number of aryl methyl sites for hydroxylation is 1. The van der Waals surface area contributed by atoms with E-state index < -0.39 is 32.7 Å². The molecule has 3 aromatic rings. The van der Waals surface area contributed by atoms with Crippen LogP contribution in [0.15, 0.2) is 70.9 Å². The Hall–Kier alpha value is -3.04. The van der Waals surface area contributed by atoms with Crippen molar-refractivity contribution in [3.8, 4) is 0 Å². The van der Waals surface area contributed by atoms with Gasteiger partial charge in [-0.3, -0.25) is 9.59 Å². The molecule has 1 atom stereocenters. The number of nitrogens with one attached hydrogen (secondary N) is 2. The fourth-order valence-electron chi connectivity index (χ4n) is 2.89. The van der Waals surface area contributed by atoms with E-state index in [1.54, 1.807) is 35.7 Å². The van der Waals surface area contributed by atoms with Gasteiger partial charge in [0.25, 0.3) is 0 Å². The maximum Gasteiger partial charge on any atom is 0.309 e. The fourth-order valence-corrected chi connectivity index (χ4v) is 5.68. The molecule has 0 aliphatic heterocycles. The van der Waals surface area contributed by atoms with Gasteiger partial charge in [0, 0.05) is 23.5 Å². The highest BCUT2D eigenvalue weighted by atomic mass is 32.2. The third kappa shape index (κ3) is 5.56. The van der Waals surface area contributed by atoms with E-state index in [4.69, 9.17) is 0 Å². The molecule has 3 rings (SSSR count). The number of benzene rings is 2. The summed E-state index contributed by atoms with van der Waals surface area (Å²) in [6, 6.07) is 15.7. The smallest absolute Gasteiger partial charge is 0.309 e. The van der Waals surface area contributed by atoms with Gasteiger partial charge in [-0.1, -0.05) is 42.0 Å². The number of hydrogen-bond acceptors (Lipinski definition) is 5. The number of thiophene rings is 1. The van der Waals surface area contributed by atoms with Crippen LogP contribution in [0.2, 0.25) is 0 Å². The van der Waals surface area contributed by atoms with Crippen molar-refractivity contribution >= 4 is 33.0 Å². The minimum atomic E-state index is -3.81. The minimum absolute atomic E-state index is 0.134. The third-order valence-electron chi connectivity index (χ3n) is 4.64. The molecular formula is C22H21FN2O4S2. The molecule has 0 saturated heterocycles. The van der Waals surface area contributed by atoms with Crippen molar-refractivity contribution in [2.24, 2.45) is 0 Å². The fraction of sp³-hybridized carbons (Fsp3) is 0.182. The molecular weight excluding hydrogens is 439 g/mol. The summed E-state index contributed by atoms with van der Waals surface area (Å²) in [4.78, 5) is 25.0. The molecule has 0 aliphatic rings. The molecule has 0 spiro atoms. The van der Waals surface area contributed by atoms with E-state index in [2.05, 4.69) is 10.6 Å². The highest BCUT2D eigenvalue weighted by Gasteiger charge is 2.31. The van der Waals surface area contributed by atoms with Crippen molar-refractivity contribution in [2.45, 2.75) is 23.6 Å². The van der Waals surface area contributed by atoms with Gasteiger partial charge in [0.1, 0.15) is 11.1 Å². The number of halogens is 1. The second kappa shape index (κ2) is 9.84. The minimum Gasteiger partial charge on any atom is -0.346 e. The zero-order valence-corrected chi connectivity index (χ0v) is 18.3. The molecule has 6 nitrogen and oxygen atoms in total. The van der Waals surface area contributed by atoms with E-state index in [-0.39, 0.29) is 23.5 Å². The van der Waals surface area contributed by atoms with Crippen molar-refractivity contribution in [3.05, 3.63) is 87.9 Å². The van der Waals surface area contributed by atoms with Crippen LogP contribution < -0.4 is 10.6 Å². The van der Waals surface area contributed by atoms with Crippen LogP contribution >= 0.6 is 11.3 Å². The molecule has 162 valence electrons. The van der Waals surface area contributed by atoms with Gasteiger partial charge in [-0.05, 0) is 36.6 Å². The number of sulfone groups is 1. The average molecular weight is 461 g/mol. The van der Waals surface area contributed by atoms with Gasteiger partial charge < -0.3 is 10.6 Å². The number of amides is 2. The summed E-state index contributed by atoms with van der Waals surface area (Å²) in [6.07, 6.45) is 0. The second-order valence-electron chi connectivity index (χ2n) is 6.85. The Morgan fingerprint density at radius 1 is 0.968 bits per heavy atom. The zero-order valence-electron chi connectivity index (χ0n) is 16.7. The number of hydrogen-bond donors (Lipinski definition) is 2. The molecule has 2 aromatic carbocycles. The van der Waals surface area contributed by atoms with E-state index in [1.807, 2.05) is 6.92 Å². The SMILES string of the molecule is Cc1ccc(S(=O)(=O)C(CNC(=O)C(=O)NCc2ccccc2F)c2cccs2)cc1. The van der Waals surface area contributed by atoms with Crippen LogP contribution in [-0.2, 0) is 26.0 Å². The van der Waals surface area contributed by atoms with Crippen LogP contribution in [0.5, 0.6) is 0 Å². The number of carbonyl (C=O) groups excluding carboxylic acids is 2. The lowest BCUT2D eigenvalue weighted by Crippen LogP contribution is -2.42. The normalized spacial score (nSPS) is 12.2. The molecule has 9 heteroatoms. The second-order valence-corrected chi connectivity index (χ2v) is 9.96. The van der Waals surface area contributed by atoms with Gasteiger partial charge in [0.15, 0.2) is 9.84 Å².